The number of fused-ring (bicyclic) bond motifs is 1. The van der Waals surface area contributed by atoms with E-state index in [0.29, 0.717) is 0 Å². The Morgan fingerprint density at radius 1 is 1.31 bits per heavy atom. The van der Waals surface area contributed by atoms with Crippen molar-refractivity contribution in [1.82, 2.24) is 0 Å². The number of furan rings is 1. The lowest BCUT2D eigenvalue weighted by Gasteiger charge is -2.17. The van der Waals surface area contributed by atoms with Gasteiger partial charge in [0.1, 0.15) is 5.76 Å². The van der Waals surface area contributed by atoms with Crippen LogP contribution in [0.25, 0.3) is 12.2 Å². The third-order valence-corrected chi connectivity index (χ3v) is 2.75. The van der Waals surface area contributed by atoms with Gasteiger partial charge in [-0.1, -0.05) is 32.1 Å². The highest BCUT2D eigenvalue weighted by molar-refractivity contribution is 5.65. The van der Waals surface area contributed by atoms with Gasteiger partial charge in [0.2, 0.25) is 0 Å². The number of hydrogen-bond donors (Lipinski definition) is 0. The quantitative estimate of drug-likeness (QED) is 0.632. The van der Waals surface area contributed by atoms with E-state index in [4.69, 9.17) is 4.42 Å². The van der Waals surface area contributed by atoms with Gasteiger partial charge in [0.05, 0.1) is 6.26 Å². The molecule has 0 fully saturated rings. The second kappa shape index (κ2) is 2.91. The average molecular weight is 174 g/mol. The van der Waals surface area contributed by atoms with E-state index < -0.39 is 0 Å². The van der Waals surface area contributed by atoms with Crippen LogP contribution in [0.4, 0.5) is 0 Å². The molecule has 0 saturated heterocycles. The van der Waals surface area contributed by atoms with E-state index in [1.54, 1.807) is 6.26 Å². The van der Waals surface area contributed by atoms with Crippen LogP contribution in [-0.4, -0.2) is 0 Å². The molecule has 1 heteroatoms. The van der Waals surface area contributed by atoms with Gasteiger partial charge in [0.25, 0.3) is 0 Å². The minimum atomic E-state index is 0.182. The molecule has 0 saturated carbocycles. The van der Waals surface area contributed by atoms with Crippen molar-refractivity contribution in [2.75, 3.05) is 0 Å². The zero-order chi connectivity index (χ0) is 9.31. The molecule has 1 nitrogen and oxygen atoms in total. The third kappa shape index (κ3) is 1.46. The Kier molecular flexibility index (Phi) is 1.87. The summed E-state index contributed by atoms with van der Waals surface area (Å²) in [6, 6.07) is 2.00. The molecule has 1 aliphatic carbocycles. The number of rotatable bonds is 1. The van der Waals surface area contributed by atoms with Crippen LogP contribution in [0.3, 0.4) is 0 Å². The van der Waals surface area contributed by atoms with Gasteiger partial charge >= 0.3 is 0 Å². The van der Waals surface area contributed by atoms with Gasteiger partial charge in [-0.3, -0.25) is 0 Å². The molecule has 0 spiro atoms. The van der Waals surface area contributed by atoms with Gasteiger partial charge in [-0.25, -0.2) is 0 Å². The van der Waals surface area contributed by atoms with Crippen LogP contribution in [0.1, 0.15) is 31.6 Å². The predicted octanol–water partition coefficient (Wildman–Crippen LogP) is 3.74. The molecule has 13 heavy (non-hydrogen) atoms. The molecule has 1 atom stereocenters. The highest BCUT2D eigenvalue weighted by Gasteiger charge is 2.17. The summed E-state index contributed by atoms with van der Waals surface area (Å²) in [5.74, 6) is 0.966. The molecule has 0 amide bonds. The second-order valence-electron chi connectivity index (χ2n) is 3.77. The monoisotopic (exact) mass is 174 g/mol. The fourth-order valence-corrected chi connectivity index (χ4v) is 1.44. The molecular weight excluding hydrogens is 160 g/mol. The SMILES string of the molecule is CCC1(C)C=Cc2ccoc2C=C1. The van der Waals surface area contributed by atoms with Crippen molar-refractivity contribution in [3.05, 3.63) is 35.8 Å². The Balaban J connectivity index is 2.43. The lowest BCUT2D eigenvalue weighted by Crippen LogP contribution is -2.05. The van der Waals surface area contributed by atoms with Gasteiger partial charge in [0, 0.05) is 11.0 Å². The minimum Gasteiger partial charge on any atom is -0.464 e. The van der Waals surface area contributed by atoms with Gasteiger partial charge in [0.15, 0.2) is 0 Å². The van der Waals surface area contributed by atoms with E-state index in [9.17, 15) is 0 Å². The maximum Gasteiger partial charge on any atom is 0.133 e. The zero-order valence-corrected chi connectivity index (χ0v) is 8.08. The highest BCUT2D eigenvalue weighted by atomic mass is 16.3. The van der Waals surface area contributed by atoms with E-state index in [2.05, 4.69) is 38.2 Å². The molecule has 0 aliphatic heterocycles. The summed E-state index contributed by atoms with van der Waals surface area (Å²) in [5.41, 5.74) is 1.36. The van der Waals surface area contributed by atoms with E-state index in [0.717, 1.165) is 12.2 Å². The summed E-state index contributed by atoms with van der Waals surface area (Å²) < 4.78 is 5.34. The van der Waals surface area contributed by atoms with Gasteiger partial charge in [-0.05, 0) is 18.6 Å². The second-order valence-corrected chi connectivity index (χ2v) is 3.77. The van der Waals surface area contributed by atoms with Crippen molar-refractivity contribution in [3.63, 3.8) is 0 Å². The largest absolute Gasteiger partial charge is 0.464 e. The van der Waals surface area contributed by atoms with Crippen LogP contribution in [0.5, 0.6) is 0 Å². The van der Waals surface area contributed by atoms with Crippen molar-refractivity contribution in [2.24, 2.45) is 5.41 Å². The van der Waals surface area contributed by atoms with Crippen molar-refractivity contribution in [2.45, 2.75) is 20.3 Å². The Hall–Kier alpha value is -1.24. The molecule has 1 heterocycles. The molecule has 1 aromatic rings. The Bertz CT molecular complexity index is 326. The van der Waals surface area contributed by atoms with Crippen molar-refractivity contribution in [3.8, 4) is 0 Å². The summed E-state index contributed by atoms with van der Waals surface area (Å²) in [7, 11) is 0. The van der Waals surface area contributed by atoms with Gasteiger partial charge in [-0.15, -0.1) is 0 Å². The number of hydrogen-bond acceptors (Lipinski definition) is 1. The van der Waals surface area contributed by atoms with Gasteiger partial charge < -0.3 is 4.42 Å². The third-order valence-electron chi connectivity index (χ3n) is 2.75. The standard InChI is InChI=1S/C12H14O/c1-3-12(2)7-4-10-6-9-13-11(10)5-8-12/h4-9H,3H2,1-2H3. The molecule has 0 bridgehead atoms. The van der Waals surface area contributed by atoms with Crippen molar-refractivity contribution < 1.29 is 4.42 Å². The first kappa shape index (κ1) is 8.36. The van der Waals surface area contributed by atoms with E-state index in [1.165, 1.54) is 5.56 Å². The normalized spacial score (nSPS) is 25.7. The average Bonchev–Trinajstić information content (AvgIpc) is 2.54. The zero-order valence-electron chi connectivity index (χ0n) is 8.08. The van der Waals surface area contributed by atoms with Crippen molar-refractivity contribution in [1.29, 1.82) is 0 Å². The van der Waals surface area contributed by atoms with E-state index >= 15 is 0 Å². The summed E-state index contributed by atoms with van der Waals surface area (Å²) in [4.78, 5) is 0. The van der Waals surface area contributed by atoms with Crippen LogP contribution in [0.15, 0.2) is 28.9 Å². The van der Waals surface area contributed by atoms with Crippen LogP contribution in [0.2, 0.25) is 0 Å². The summed E-state index contributed by atoms with van der Waals surface area (Å²) in [6.45, 7) is 4.42. The van der Waals surface area contributed by atoms with Crippen LogP contribution in [-0.2, 0) is 0 Å². The van der Waals surface area contributed by atoms with Crippen LogP contribution < -0.4 is 0 Å². The lowest BCUT2D eigenvalue weighted by atomic mass is 9.87. The molecule has 1 aromatic heterocycles. The van der Waals surface area contributed by atoms with Crippen LogP contribution in [0, 0.1) is 5.41 Å². The molecule has 68 valence electrons. The fourth-order valence-electron chi connectivity index (χ4n) is 1.44. The summed E-state index contributed by atoms with van der Waals surface area (Å²) >= 11 is 0. The first-order valence-electron chi connectivity index (χ1n) is 4.69. The van der Waals surface area contributed by atoms with Gasteiger partial charge in [-0.2, -0.15) is 0 Å². The van der Waals surface area contributed by atoms with Crippen molar-refractivity contribution >= 4 is 12.2 Å². The van der Waals surface area contributed by atoms with E-state index in [-0.39, 0.29) is 5.41 Å². The Morgan fingerprint density at radius 2 is 2.08 bits per heavy atom. The maximum atomic E-state index is 5.34. The Labute approximate surface area is 78.8 Å². The summed E-state index contributed by atoms with van der Waals surface area (Å²) in [6.07, 6.45) is 11.5. The molecular formula is C12H14O. The molecule has 1 aliphatic rings. The first-order chi connectivity index (χ1) is 6.23. The molecule has 0 N–H and O–H groups in total. The fraction of sp³-hybridized carbons (Fsp3) is 0.333. The maximum absolute atomic E-state index is 5.34. The Morgan fingerprint density at radius 3 is 2.85 bits per heavy atom. The smallest absolute Gasteiger partial charge is 0.133 e. The molecule has 0 radical (unpaired) electrons. The highest BCUT2D eigenvalue weighted by Crippen LogP contribution is 2.31. The predicted molar refractivity (Wildman–Crippen MR) is 55.2 cm³/mol. The molecule has 2 rings (SSSR count). The minimum absolute atomic E-state index is 0.182. The molecule has 0 aromatic carbocycles. The van der Waals surface area contributed by atoms with E-state index in [1.807, 2.05) is 6.07 Å². The lowest BCUT2D eigenvalue weighted by molar-refractivity contribution is 0.532. The first-order valence-corrected chi connectivity index (χ1v) is 4.69. The summed E-state index contributed by atoms with van der Waals surface area (Å²) in [5, 5.41) is 0. The number of allylic oxidation sites excluding steroid dienone is 2. The van der Waals surface area contributed by atoms with Crippen LogP contribution >= 0.6 is 0 Å². The molecule has 1 unspecified atom stereocenters. The topological polar surface area (TPSA) is 13.1 Å².